The van der Waals surface area contributed by atoms with E-state index in [-0.39, 0.29) is 11.4 Å². The molecule has 5 nitrogen and oxygen atoms in total. The number of nitrogens with zero attached hydrogens (tertiary/aromatic N) is 2. The van der Waals surface area contributed by atoms with Crippen molar-refractivity contribution in [1.29, 1.82) is 0 Å². The molecule has 0 saturated carbocycles. The van der Waals surface area contributed by atoms with Crippen LogP contribution in [0.15, 0.2) is 54.7 Å². The van der Waals surface area contributed by atoms with Gasteiger partial charge in [0.25, 0.3) is 5.69 Å². The Labute approximate surface area is 118 Å². The molecular weight excluding hydrogens is 275 g/mol. The van der Waals surface area contributed by atoms with Crippen LogP contribution in [0.5, 0.6) is 11.5 Å². The fraction of sp³-hybridized carbons (Fsp3) is 0. The Morgan fingerprint density at radius 3 is 2.57 bits per heavy atom. The first-order chi connectivity index (χ1) is 10.1. The van der Waals surface area contributed by atoms with Crippen LogP contribution in [0, 0.1) is 16.1 Å². The molecule has 0 aliphatic carbocycles. The molecule has 0 fully saturated rings. The van der Waals surface area contributed by atoms with E-state index in [9.17, 15) is 14.5 Å². The topological polar surface area (TPSA) is 65.3 Å². The molecule has 0 atom stereocenters. The molecule has 1 aromatic heterocycles. The Morgan fingerprint density at radius 1 is 1.10 bits per heavy atom. The molecule has 0 N–H and O–H groups in total. The fourth-order valence-electron chi connectivity index (χ4n) is 2.08. The summed E-state index contributed by atoms with van der Waals surface area (Å²) in [5, 5.41) is 12.1. The second kappa shape index (κ2) is 5.16. The van der Waals surface area contributed by atoms with E-state index in [1.807, 2.05) is 0 Å². The lowest BCUT2D eigenvalue weighted by atomic mass is 10.1. The van der Waals surface area contributed by atoms with E-state index in [2.05, 4.69) is 4.98 Å². The fourth-order valence-corrected chi connectivity index (χ4v) is 2.08. The number of non-ortho nitro benzene ring substituents is 1. The van der Waals surface area contributed by atoms with Gasteiger partial charge in [0.15, 0.2) is 0 Å². The van der Waals surface area contributed by atoms with E-state index in [0.29, 0.717) is 16.5 Å². The number of benzene rings is 2. The van der Waals surface area contributed by atoms with E-state index in [0.717, 1.165) is 6.07 Å². The van der Waals surface area contributed by atoms with Gasteiger partial charge in [0, 0.05) is 23.7 Å². The number of hydrogen-bond acceptors (Lipinski definition) is 4. The number of fused-ring (bicyclic) bond motifs is 1. The molecule has 3 rings (SSSR count). The highest BCUT2D eigenvalue weighted by molar-refractivity contribution is 5.95. The normalized spacial score (nSPS) is 10.5. The number of halogens is 1. The van der Waals surface area contributed by atoms with Crippen molar-refractivity contribution >= 4 is 16.5 Å². The number of hydrogen-bond donors (Lipinski definition) is 0. The van der Waals surface area contributed by atoms with Crippen LogP contribution >= 0.6 is 0 Å². The maximum atomic E-state index is 13.1. The van der Waals surface area contributed by atoms with Gasteiger partial charge in [-0.1, -0.05) is 18.2 Å². The third-order valence-corrected chi connectivity index (χ3v) is 2.98. The summed E-state index contributed by atoms with van der Waals surface area (Å²) in [7, 11) is 0. The number of nitro groups is 1. The predicted octanol–water partition coefficient (Wildman–Crippen LogP) is 4.07. The molecule has 0 radical (unpaired) electrons. The van der Waals surface area contributed by atoms with Gasteiger partial charge in [-0.2, -0.15) is 4.39 Å². The molecule has 1 heterocycles. The standard InChI is InChI=1S/C15H9FN2O3/c16-15-9-10(7-8-17-15)21-14-6-5-13(18(19)20)11-3-1-2-4-12(11)14/h1-9H. The molecule has 0 unspecified atom stereocenters. The van der Waals surface area contributed by atoms with Gasteiger partial charge in [0.1, 0.15) is 11.5 Å². The van der Waals surface area contributed by atoms with Crippen LogP contribution in [0.2, 0.25) is 0 Å². The minimum Gasteiger partial charge on any atom is -0.456 e. The molecule has 2 aromatic carbocycles. The Morgan fingerprint density at radius 2 is 1.86 bits per heavy atom. The summed E-state index contributed by atoms with van der Waals surface area (Å²) in [5.41, 5.74) is -0.00106. The minimum absolute atomic E-state index is 0.00106. The number of nitro benzene ring substituents is 1. The molecule has 3 aromatic rings. The lowest BCUT2D eigenvalue weighted by molar-refractivity contribution is -0.383. The molecular formula is C15H9FN2O3. The Balaban J connectivity index is 2.12. The summed E-state index contributed by atoms with van der Waals surface area (Å²) >= 11 is 0. The number of pyridine rings is 1. The maximum Gasteiger partial charge on any atom is 0.277 e. The number of aromatic nitrogens is 1. The molecule has 0 aliphatic rings. The van der Waals surface area contributed by atoms with Crippen molar-refractivity contribution in [2.75, 3.05) is 0 Å². The van der Waals surface area contributed by atoms with Gasteiger partial charge in [0.05, 0.1) is 10.3 Å². The summed E-state index contributed by atoms with van der Waals surface area (Å²) in [6, 6.07) is 12.4. The Kier molecular flexibility index (Phi) is 3.19. The first-order valence-corrected chi connectivity index (χ1v) is 6.11. The van der Waals surface area contributed by atoms with Crippen molar-refractivity contribution in [1.82, 2.24) is 4.98 Å². The van der Waals surface area contributed by atoms with Crippen molar-refractivity contribution in [3.05, 3.63) is 70.8 Å². The third kappa shape index (κ3) is 2.51. The zero-order valence-electron chi connectivity index (χ0n) is 10.7. The van der Waals surface area contributed by atoms with Crippen LogP contribution in [-0.2, 0) is 0 Å². The quantitative estimate of drug-likeness (QED) is 0.413. The molecule has 0 bridgehead atoms. The van der Waals surface area contributed by atoms with Crippen molar-refractivity contribution in [2.45, 2.75) is 0 Å². The zero-order valence-corrected chi connectivity index (χ0v) is 10.7. The first kappa shape index (κ1) is 13.0. The van der Waals surface area contributed by atoms with E-state index in [1.165, 1.54) is 24.4 Å². The van der Waals surface area contributed by atoms with Gasteiger partial charge in [-0.25, -0.2) is 4.98 Å². The number of rotatable bonds is 3. The zero-order chi connectivity index (χ0) is 14.8. The average Bonchev–Trinajstić information content (AvgIpc) is 2.47. The van der Waals surface area contributed by atoms with Crippen LogP contribution in [0.25, 0.3) is 10.8 Å². The maximum absolute atomic E-state index is 13.1. The van der Waals surface area contributed by atoms with Crippen LogP contribution in [0.4, 0.5) is 10.1 Å². The van der Waals surface area contributed by atoms with Gasteiger partial charge in [0.2, 0.25) is 5.95 Å². The average molecular weight is 284 g/mol. The van der Waals surface area contributed by atoms with E-state index in [1.54, 1.807) is 24.3 Å². The highest BCUT2D eigenvalue weighted by atomic mass is 19.1. The van der Waals surface area contributed by atoms with Gasteiger partial charge in [-0.05, 0) is 18.2 Å². The molecule has 21 heavy (non-hydrogen) atoms. The summed E-state index contributed by atoms with van der Waals surface area (Å²) in [5.74, 6) is 0.0435. The monoisotopic (exact) mass is 284 g/mol. The van der Waals surface area contributed by atoms with Crippen LogP contribution < -0.4 is 4.74 Å². The van der Waals surface area contributed by atoms with E-state index >= 15 is 0 Å². The minimum atomic E-state index is -0.654. The highest BCUT2D eigenvalue weighted by Crippen LogP contribution is 2.35. The third-order valence-electron chi connectivity index (χ3n) is 2.98. The largest absolute Gasteiger partial charge is 0.456 e. The Bertz CT molecular complexity index is 836. The van der Waals surface area contributed by atoms with Crippen molar-refractivity contribution in [2.24, 2.45) is 0 Å². The van der Waals surface area contributed by atoms with Gasteiger partial charge in [-0.3, -0.25) is 10.1 Å². The smallest absolute Gasteiger partial charge is 0.277 e. The van der Waals surface area contributed by atoms with Crippen LogP contribution in [0.1, 0.15) is 0 Å². The van der Waals surface area contributed by atoms with Gasteiger partial charge >= 0.3 is 0 Å². The second-order valence-electron chi connectivity index (χ2n) is 4.30. The molecule has 6 heteroatoms. The molecule has 0 amide bonds. The van der Waals surface area contributed by atoms with Crippen LogP contribution in [-0.4, -0.2) is 9.91 Å². The van der Waals surface area contributed by atoms with Gasteiger partial charge < -0.3 is 4.74 Å². The molecule has 104 valence electrons. The predicted molar refractivity (Wildman–Crippen MR) is 74.9 cm³/mol. The SMILES string of the molecule is O=[N+]([O-])c1ccc(Oc2ccnc(F)c2)c2ccccc12. The summed E-state index contributed by atoms with van der Waals surface area (Å²) in [4.78, 5) is 14.0. The molecule has 0 saturated heterocycles. The van der Waals surface area contributed by atoms with E-state index in [4.69, 9.17) is 4.74 Å². The van der Waals surface area contributed by atoms with Crippen molar-refractivity contribution < 1.29 is 14.1 Å². The highest BCUT2D eigenvalue weighted by Gasteiger charge is 2.15. The Hall–Kier alpha value is -3.02. The summed E-state index contributed by atoms with van der Waals surface area (Å²) in [6.07, 6.45) is 1.29. The van der Waals surface area contributed by atoms with Gasteiger partial charge in [-0.15, -0.1) is 0 Å². The van der Waals surface area contributed by atoms with Crippen molar-refractivity contribution in [3.63, 3.8) is 0 Å². The van der Waals surface area contributed by atoms with Crippen molar-refractivity contribution in [3.8, 4) is 11.5 Å². The summed E-state index contributed by atoms with van der Waals surface area (Å²) in [6.45, 7) is 0. The summed E-state index contributed by atoms with van der Waals surface area (Å²) < 4.78 is 18.7. The van der Waals surface area contributed by atoms with E-state index < -0.39 is 10.9 Å². The lowest BCUT2D eigenvalue weighted by Crippen LogP contribution is -1.92. The number of ether oxygens (including phenoxy) is 1. The van der Waals surface area contributed by atoms with Crippen LogP contribution in [0.3, 0.4) is 0 Å². The second-order valence-corrected chi connectivity index (χ2v) is 4.30. The lowest BCUT2D eigenvalue weighted by Gasteiger charge is -2.09. The molecule has 0 aliphatic heterocycles. The molecule has 0 spiro atoms. The first-order valence-electron chi connectivity index (χ1n) is 6.11.